The zero-order valence-electron chi connectivity index (χ0n) is 17.1. The first-order valence-corrected chi connectivity index (χ1v) is 11.0. The summed E-state index contributed by atoms with van der Waals surface area (Å²) in [5, 5.41) is 4.51. The van der Waals surface area contributed by atoms with Gasteiger partial charge in [0.05, 0.1) is 28.4 Å². The number of amidine groups is 1. The molecule has 2 heterocycles. The number of methoxy groups -OCH3 is 1. The van der Waals surface area contributed by atoms with Crippen LogP contribution in [0.2, 0.25) is 10.0 Å². The number of aliphatic imine (C=N–C) groups is 1. The largest absolute Gasteiger partial charge is 0.497 e. The average Bonchev–Trinajstić information content (AvgIpc) is 3.21. The molecule has 0 bridgehead atoms. The lowest BCUT2D eigenvalue weighted by Gasteiger charge is -2.12. The van der Waals surface area contributed by atoms with Crippen LogP contribution in [0.3, 0.4) is 0 Å². The van der Waals surface area contributed by atoms with E-state index < -0.39 is 0 Å². The van der Waals surface area contributed by atoms with Crippen LogP contribution in [-0.2, 0) is 4.79 Å². The second-order valence-electron chi connectivity index (χ2n) is 6.94. The summed E-state index contributed by atoms with van der Waals surface area (Å²) in [5.41, 5.74) is 4.50. The number of carbonyl (C=O) groups excluding carboxylic acids is 1. The summed E-state index contributed by atoms with van der Waals surface area (Å²) < 4.78 is 7.21. The van der Waals surface area contributed by atoms with Gasteiger partial charge in [0.15, 0.2) is 5.17 Å². The molecular weight excluding hydrogens is 453 g/mol. The molecular formula is C23H19Cl2N3O2S. The molecule has 4 rings (SSSR count). The standard InChI is InChI=1S/C23H19Cl2N3O2S/c1-13-10-15(14(2)28(13)20-9-4-16(24)12-19(20)25)11-21-22(29)27-23(31-21)26-17-5-7-18(30-3)8-6-17/h4-12H,1-3H3,(H,26,27,29)/b21-11+. The molecule has 1 aromatic heterocycles. The number of aromatic nitrogens is 1. The lowest BCUT2D eigenvalue weighted by molar-refractivity contribution is -0.115. The van der Waals surface area contributed by atoms with Crippen molar-refractivity contribution in [1.29, 1.82) is 0 Å². The molecule has 0 aliphatic carbocycles. The maximum Gasteiger partial charge on any atom is 0.264 e. The molecule has 0 atom stereocenters. The molecule has 0 unspecified atom stereocenters. The minimum Gasteiger partial charge on any atom is -0.497 e. The number of rotatable bonds is 4. The van der Waals surface area contributed by atoms with E-state index in [-0.39, 0.29) is 5.91 Å². The van der Waals surface area contributed by atoms with Gasteiger partial charge < -0.3 is 14.6 Å². The van der Waals surface area contributed by atoms with E-state index in [9.17, 15) is 4.79 Å². The van der Waals surface area contributed by atoms with Crippen molar-refractivity contribution in [3.8, 4) is 11.4 Å². The fourth-order valence-electron chi connectivity index (χ4n) is 3.36. The average molecular weight is 472 g/mol. The van der Waals surface area contributed by atoms with Gasteiger partial charge in [-0.15, -0.1) is 0 Å². The topological polar surface area (TPSA) is 55.6 Å². The summed E-state index contributed by atoms with van der Waals surface area (Å²) in [4.78, 5) is 17.6. The van der Waals surface area contributed by atoms with Crippen LogP contribution in [0.25, 0.3) is 11.8 Å². The SMILES string of the molecule is COc1ccc(N=C2NC(=O)/C(=C\c3cc(C)n(-c4ccc(Cl)cc4Cl)c3C)S2)cc1. The second-order valence-corrected chi connectivity index (χ2v) is 8.81. The number of benzene rings is 2. The Morgan fingerprint density at radius 3 is 2.52 bits per heavy atom. The minimum atomic E-state index is -0.174. The van der Waals surface area contributed by atoms with E-state index >= 15 is 0 Å². The summed E-state index contributed by atoms with van der Waals surface area (Å²) in [5.74, 6) is 0.579. The number of aryl methyl sites for hydroxylation is 1. The molecule has 0 saturated carbocycles. The minimum absolute atomic E-state index is 0.174. The second kappa shape index (κ2) is 8.83. The molecule has 1 aliphatic rings. The number of amides is 1. The number of thioether (sulfide) groups is 1. The molecule has 0 radical (unpaired) electrons. The van der Waals surface area contributed by atoms with Crippen LogP contribution in [0, 0.1) is 13.8 Å². The Bertz CT molecular complexity index is 1230. The summed E-state index contributed by atoms with van der Waals surface area (Å²) in [6.45, 7) is 3.99. The first kappa shape index (κ1) is 21.6. The van der Waals surface area contributed by atoms with Crippen LogP contribution in [0.4, 0.5) is 5.69 Å². The molecule has 5 nitrogen and oxygen atoms in total. The van der Waals surface area contributed by atoms with Crippen molar-refractivity contribution < 1.29 is 9.53 Å². The van der Waals surface area contributed by atoms with Gasteiger partial charge in [0, 0.05) is 16.4 Å². The van der Waals surface area contributed by atoms with E-state index in [1.165, 1.54) is 11.8 Å². The van der Waals surface area contributed by atoms with Crippen LogP contribution < -0.4 is 10.1 Å². The van der Waals surface area contributed by atoms with Crippen LogP contribution in [-0.4, -0.2) is 22.8 Å². The Hall–Kier alpha value is -2.67. The Kier molecular flexibility index (Phi) is 6.14. The van der Waals surface area contributed by atoms with Gasteiger partial charge >= 0.3 is 0 Å². The third kappa shape index (κ3) is 4.51. The molecule has 1 N–H and O–H groups in total. The van der Waals surface area contributed by atoms with E-state index in [1.54, 1.807) is 13.2 Å². The summed E-state index contributed by atoms with van der Waals surface area (Å²) >= 11 is 13.8. The van der Waals surface area contributed by atoms with Gasteiger partial charge in [-0.05, 0) is 85.8 Å². The molecule has 158 valence electrons. The molecule has 1 fully saturated rings. The summed E-state index contributed by atoms with van der Waals surface area (Å²) in [6.07, 6.45) is 1.87. The smallest absolute Gasteiger partial charge is 0.264 e. The van der Waals surface area contributed by atoms with Crippen molar-refractivity contribution in [2.24, 2.45) is 4.99 Å². The molecule has 1 amide bonds. The Morgan fingerprint density at radius 2 is 1.84 bits per heavy atom. The van der Waals surface area contributed by atoms with Crippen molar-refractivity contribution in [1.82, 2.24) is 9.88 Å². The monoisotopic (exact) mass is 471 g/mol. The fourth-order valence-corrected chi connectivity index (χ4v) is 4.69. The van der Waals surface area contributed by atoms with E-state index in [2.05, 4.69) is 14.9 Å². The lowest BCUT2D eigenvalue weighted by Crippen LogP contribution is -2.19. The van der Waals surface area contributed by atoms with Gasteiger partial charge in [-0.1, -0.05) is 23.2 Å². The third-order valence-corrected chi connectivity index (χ3v) is 6.31. The molecule has 31 heavy (non-hydrogen) atoms. The molecule has 1 saturated heterocycles. The Morgan fingerprint density at radius 1 is 1.10 bits per heavy atom. The highest BCUT2D eigenvalue weighted by molar-refractivity contribution is 8.18. The lowest BCUT2D eigenvalue weighted by atomic mass is 10.2. The van der Waals surface area contributed by atoms with Crippen LogP contribution in [0.15, 0.2) is 58.4 Å². The predicted octanol–water partition coefficient (Wildman–Crippen LogP) is 6.30. The summed E-state index contributed by atoms with van der Waals surface area (Å²) in [6, 6.07) is 14.8. The highest BCUT2D eigenvalue weighted by atomic mass is 35.5. The van der Waals surface area contributed by atoms with Crippen LogP contribution in [0.5, 0.6) is 5.75 Å². The molecule has 3 aromatic rings. The van der Waals surface area contributed by atoms with Gasteiger partial charge in [0.1, 0.15) is 5.75 Å². The van der Waals surface area contributed by atoms with Crippen molar-refractivity contribution in [2.45, 2.75) is 13.8 Å². The zero-order valence-corrected chi connectivity index (χ0v) is 19.4. The van der Waals surface area contributed by atoms with Crippen LogP contribution in [0.1, 0.15) is 17.0 Å². The van der Waals surface area contributed by atoms with Gasteiger partial charge in [0.2, 0.25) is 0 Å². The van der Waals surface area contributed by atoms with Gasteiger partial charge in [-0.3, -0.25) is 4.79 Å². The van der Waals surface area contributed by atoms with E-state index in [4.69, 9.17) is 27.9 Å². The Balaban J connectivity index is 1.63. The molecule has 8 heteroatoms. The first-order chi connectivity index (χ1) is 14.9. The Labute approximate surface area is 194 Å². The number of carbonyl (C=O) groups is 1. The van der Waals surface area contributed by atoms with Crippen molar-refractivity contribution in [3.63, 3.8) is 0 Å². The van der Waals surface area contributed by atoms with Gasteiger partial charge in [-0.2, -0.15) is 0 Å². The number of hydrogen-bond acceptors (Lipinski definition) is 4. The number of nitrogens with zero attached hydrogens (tertiary/aromatic N) is 2. The van der Waals surface area contributed by atoms with Crippen molar-refractivity contribution >= 4 is 57.8 Å². The van der Waals surface area contributed by atoms with Crippen LogP contribution >= 0.6 is 35.0 Å². The maximum atomic E-state index is 12.5. The number of hydrogen-bond donors (Lipinski definition) is 1. The van der Waals surface area contributed by atoms with Gasteiger partial charge in [0.25, 0.3) is 5.91 Å². The number of ether oxygens (including phenoxy) is 1. The number of nitrogens with one attached hydrogen (secondary N) is 1. The predicted molar refractivity (Wildman–Crippen MR) is 129 cm³/mol. The maximum absolute atomic E-state index is 12.5. The normalized spacial score (nSPS) is 16.2. The van der Waals surface area contributed by atoms with Gasteiger partial charge in [-0.25, -0.2) is 4.99 Å². The molecule has 1 aliphatic heterocycles. The quantitative estimate of drug-likeness (QED) is 0.454. The van der Waals surface area contributed by atoms with E-state index in [1.807, 2.05) is 62.4 Å². The zero-order chi connectivity index (χ0) is 22.1. The van der Waals surface area contributed by atoms with E-state index in [0.29, 0.717) is 20.1 Å². The van der Waals surface area contributed by atoms with Crippen molar-refractivity contribution in [2.75, 3.05) is 7.11 Å². The molecule has 2 aromatic carbocycles. The highest BCUT2D eigenvalue weighted by Gasteiger charge is 2.24. The molecule has 0 spiro atoms. The van der Waals surface area contributed by atoms with Crippen molar-refractivity contribution in [3.05, 3.63) is 80.4 Å². The highest BCUT2D eigenvalue weighted by Crippen LogP contribution is 2.32. The fraction of sp³-hybridized carbons (Fsp3) is 0.130. The third-order valence-electron chi connectivity index (χ3n) is 4.86. The van der Waals surface area contributed by atoms with E-state index in [0.717, 1.165) is 34.1 Å². The summed E-state index contributed by atoms with van der Waals surface area (Å²) in [7, 11) is 1.61. The first-order valence-electron chi connectivity index (χ1n) is 9.43. The number of halogens is 2.